The van der Waals surface area contributed by atoms with E-state index in [1.807, 2.05) is 29.2 Å². The molecule has 0 unspecified atom stereocenters. The molecular formula is C18H20N4O3. The van der Waals surface area contributed by atoms with E-state index in [0.717, 1.165) is 31.7 Å². The number of anilines is 1. The first kappa shape index (κ1) is 16.9. The van der Waals surface area contributed by atoms with E-state index in [1.54, 1.807) is 20.3 Å². The van der Waals surface area contributed by atoms with Gasteiger partial charge in [0, 0.05) is 32.3 Å². The van der Waals surface area contributed by atoms with E-state index < -0.39 is 0 Å². The third-order valence-corrected chi connectivity index (χ3v) is 3.96. The minimum atomic E-state index is 0.314. The van der Waals surface area contributed by atoms with E-state index >= 15 is 0 Å². The molecule has 7 heteroatoms. The molecule has 0 bridgehead atoms. The lowest BCUT2D eigenvalue weighted by Crippen LogP contribution is -2.43. The SMILES string of the molecule is COc1ccc(C=Cc2nc(C#N)c(N3CCNCC3)o2)cc1OC. The normalized spacial score (nSPS) is 14.5. The summed E-state index contributed by atoms with van der Waals surface area (Å²) in [7, 11) is 3.19. The molecule has 1 fully saturated rings. The second-order valence-electron chi connectivity index (χ2n) is 5.50. The molecule has 1 aliphatic heterocycles. The zero-order valence-corrected chi connectivity index (χ0v) is 14.3. The quantitative estimate of drug-likeness (QED) is 0.893. The molecule has 0 radical (unpaired) electrons. The van der Waals surface area contributed by atoms with Gasteiger partial charge in [-0.1, -0.05) is 6.07 Å². The Labute approximate surface area is 146 Å². The number of aromatic nitrogens is 1. The van der Waals surface area contributed by atoms with Crippen LogP contribution in [0.2, 0.25) is 0 Å². The van der Waals surface area contributed by atoms with Crippen molar-refractivity contribution in [1.82, 2.24) is 10.3 Å². The number of rotatable bonds is 5. The smallest absolute Gasteiger partial charge is 0.235 e. The Morgan fingerprint density at radius 1 is 1.20 bits per heavy atom. The summed E-state index contributed by atoms with van der Waals surface area (Å²) in [6.45, 7) is 3.32. The monoisotopic (exact) mass is 340 g/mol. The molecule has 1 aromatic carbocycles. The van der Waals surface area contributed by atoms with Gasteiger partial charge in [0.2, 0.25) is 17.5 Å². The van der Waals surface area contributed by atoms with E-state index in [9.17, 15) is 5.26 Å². The number of methoxy groups -OCH3 is 2. The summed E-state index contributed by atoms with van der Waals surface area (Å²) < 4.78 is 16.3. The van der Waals surface area contributed by atoms with Crippen molar-refractivity contribution in [3.05, 3.63) is 35.3 Å². The standard InChI is InChI=1S/C18H20N4O3/c1-23-15-5-3-13(11-16(15)24-2)4-6-17-21-14(12-19)18(25-17)22-9-7-20-8-10-22/h3-6,11,20H,7-10H2,1-2H3. The molecule has 25 heavy (non-hydrogen) atoms. The van der Waals surface area contributed by atoms with Crippen LogP contribution in [0.3, 0.4) is 0 Å². The molecule has 0 atom stereocenters. The highest BCUT2D eigenvalue weighted by molar-refractivity contribution is 5.69. The third-order valence-electron chi connectivity index (χ3n) is 3.96. The van der Waals surface area contributed by atoms with Gasteiger partial charge in [-0.15, -0.1) is 0 Å². The highest BCUT2D eigenvalue weighted by atomic mass is 16.5. The molecule has 1 aromatic heterocycles. The van der Waals surface area contributed by atoms with Crippen LogP contribution in [0, 0.1) is 11.3 Å². The number of nitrogens with zero attached hydrogens (tertiary/aromatic N) is 3. The first-order chi connectivity index (χ1) is 12.2. The molecule has 2 aromatic rings. The van der Waals surface area contributed by atoms with Crippen molar-refractivity contribution < 1.29 is 13.9 Å². The fourth-order valence-electron chi connectivity index (χ4n) is 2.68. The maximum Gasteiger partial charge on any atom is 0.235 e. The molecule has 1 saturated heterocycles. The summed E-state index contributed by atoms with van der Waals surface area (Å²) in [5.74, 6) is 2.26. The highest BCUT2D eigenvalue weighted by Gasteiger charge is 2.20. The van der Waals surface area contributed by atoms with E-state index in [4.69, 9.17) is 13.9 Å². The van der Waals surface area contributed by atoms with Crippen molar-refractivity contribution in [1.29, 1.82) is 5.26 Å². The summed E-state index contributed by atoms with van der Waals surface area (Å²) in [6, 6.07) is 7.71. The average molecular weight is 340 g/mol. The van der Waals surface area contributed by atoms with E-state index in [1.165, 1.54) is 0 Å². The molecule has 7 nitrogen and oxygen atoms in total. The number of benzene rings is 1. The Kier molecular flexibility index (Phi) is 5.21. The molecule has 1 N–H and O–H groups in total. The first-order valence-electron chi connectivity index (χ1n) is 8.02. The molecule has 130 valence electrons. The molecule has 0 spiro atoms. The number of ether oxygens (including phenoxy) is 2. The van der Waals surface area contributed by atoms with Gasteiger partial charge in [0.15, 0.2) is 11.5 Å². The van der Waals surface area contributed by atoms with Crippen LogP contribution in [0.15, 0.2) is 22.6 Å². The molecule has 0 aliphatic carbocycles. The number of oxazole rings is 1. The summed E-state index contributed by atoms with van der Waals surface area (Å²) in [4.78, 5) is 6.30. The van der Waals surface area contributed by atoms with Crippen LogP contribution in [-0.4, -0.2) is 45.4 Å². The Bertz CT molecular complexity index is 801. The van der Waals surface area contributed by atoms with Crippen LogP contribution in [0.5, 0.6) is 11.5 Å². The van der Waals surface area contributed by atoms with Gasteiger partial charge >= 0.3 is 0 Å². The predicted molar refractivity (Wildman–Crippen MR) is 94.8 cm³/mol. The maximum absolute atomic E-state index is 9.30. The summed E-state index contributed by atoms with van der Waals surface area (Å²) in [5, 5.41) is 12.6. The van der Waals surface area contributed by atoms with Crippen LogP contribution in [0.4, 0.5) is 5.88 Å². The van der Waals surface area contributed by atoms with Gasteiger partial charge in [0.1, 0.15) is 6.07 Å². The molecular weight excluding hydrogens is 320 g/mol. The predicted octanol–water partition coefficient (Wildman–Crippen LogP) is 2.14. The van der Waals surface area contributed by atoms with Gasteiger partial charge < -0.3 is 24.1 Å². The fourth-order valence-corrected chi connectivity index (χ4v) is 2.68. The number of nitrogens with one attached hydrogen (secondary N) is 1. The lowest BCUT2D eigenvalue weighted by molar-refractivity contribution is 0.355. The van der Waals surface area contributed by atoms with Crippen LogP contribution < -0.4 is 19.7 Å². The topological polar surface area (TPSA) is 83.5 Å². The Morgan fingerprint density at radius 2 is 1.96 bits per heavy atom. The number of nitriles is 1. The van der Waals surface area contributed by atoms with Crippen molar-refractivity contribution in [2.24, 2.45) is 0 Å². The van der Waals surface area contributed by atoms with Gasteiger partial charge in [-0.3, -0.25) is 0 Å². The number of hydrogen-bond acceptors (Lipinski definition) is 7. The molecule has 2 heterocycles. The average Bonchev–Trinajstić information content (AvgIpc) is 3.10. The van der Waals surface area contributed by atoms with Crippen LogP contribution in [0.1, 0.15) is 17.1 Å². The highest BCUT2D eigenvalue weighted by Crippen LogP contribution is 2.28. The number of piperazine rings is 1. The maximum atomic E-state index is 9.30. The van der Waals surface area contributed by atoms with Crippen molar-refractivity contribution in [2.75, 3.05) is 45.3 Å². The van der Waals surface area contributed by atoms with Gasteiger partial charge in [-0.25, -0.2) is 0 Å². The Hall–Kier alpha value is -2.98. The number of hydrogen-bond donors (Lipinski definition) is 1. The Balaban J connectivity index is 1.82. The summed E-state index contributed by atoms with van der Waals surface area (Å²) >= 11 is 0. The lowest BCUT2D eigenvalue weighted by Gasteiger charge is -2.26. The summed E-state index contributed by atoms with van der Waals surface area (Å²) in [5.41, 5.74) is 1.23. The molecule has 1 aliphatic rings. The van der Waals surface area contributed by atoms with Gasteiger partial charge in [0.05, 0.1) is 14.2 Å². The Morgan fingerprint density at radius 3 is 2.64 bits per heavy atom. The van der Waals surface area contributed by atoms with Gasteiger partial charge in [-0.05, 0) is 23.8 Å². The van der Waals surface area contributed by atoms with E-state index in [0.29, 0.717) is 29.0 Å². The molecule has 0 saturated carbocycles. The van der Waals surface area contributed by atoms with Crippen LogP contribution in [0.25, 0.3) is 12.2 Å². The van der Waals surface area contributed by atoms with E-state index in [-0.39, 0.29) is 0 Å². The zero-order chi connectivity index (χ0) is 17.6. The van der Waals surface area contributed by atoms with Crippen molar-refractivity contribution in [2.45, 2.75) is 0 Å². The zero-order valence-electron chi connectivity index (χ0n) is 14.3. The van der Waals surface area contributed by atoms with Gasteiger partial charge in [0.25, 0.3) is 0 Å². The second kappa shape index (κ2) is 7.73. The van der Waals surface area contributed by atoms with Crippen molar-refractivity contribution in [3.63, 3.8) is 0 Å². The van der Waals surface area contributed by atoms with E-state index in [2.05, 4.69) is 16.4 Å². The molecule has 0 amide bonds. The second-order valence-corrected chi connectivity index (χ2v) is 5.50. The minimum Gasteiger partial charge on any atom is -0.493 e. The van der Waals surface area contributed by atoms with Crippen LogP contribution in [-0.2, 0) is 0 Å². The van der Waals surface area contributed by atoms with Gasteiger partial charge in [-0.2, -0.15) is 10.2 Å². The van der Waals surface area contributed by atoms with Crippen molar-refractivity contribution >= 4 is 18.0 Å². The first-order valence-corrected chi connectivity index (χ1v) is 8.02. The largest absolute Gasteiger partial charge is 0.493 e. The minimum absolute atomic E-state index is 0.314. The van der Waals surface area contributed by atoms with Crippen LogP contribution >= 0.6 is 0 Å². The molecule has 3 rings (SSSR count). The van der Waals surface area contributed by atoms with Crippen molar-refractivity contribution in [3.8, 4) is 17.6 Å². The summed E-state index contributed by atoms with van der Waals surface area (Å²) in [6.07, 6.45) is 3.60. The lowest BCUT2D eigenvalue weighted by atomic mass is 10.2. The fraction of sp³-hybridized carbons (Fsp3) is 0.333. The third kappa shape index (κ3) is 3.75.